The molecule has 1 N–H and O–H groups in total. The summed E-state index contributed by atoms with van der Waals surface area (Å²) in [7, 11) is -3.78. The number of carbonyl (C=O) groups is 1. The van der Waals surface area contributed by atoms with E-state index in [9.17, 15) is 18.0 Å². The van der Waals surface area contributed by atoms with Crippen LogP contribution in [0.3, 0.4) is 0 Å². The highest BCUT2D eigenvalue weighted by Crippen LogP contribution is 2.17. The van der Waals surface area contributed by atoms with Gasteiger partial charge >= 0.3 is 11.6 Å². The number of ether oxygens (including phenoxy) is 1. The number of esters is 1. The van der Waals surface area contributed by atoms with Gasteiger partial charge in [-0.15, -0.1) is 0 Å². The van der Waals surface area contributed by atoms with E-state index in [1.54, 1.807) is 13.8 Å². The Labute approximate surface area is 133 Å². The summed E-state index contributed by atoms with van der Waals surface area (Å²) in [5.74, 6) is -1.06. The highest BCUT2D eigenvalue weighted by molar-refractivity contribution is 7.89. The first kappa shape index (κ1) is 17.2. The van der Waals surface area contributed by atoms with E-state index >= 15 is 0 Å². The van der Waals surface area contributed by atoms with Gasteiger partial charge in [-0.25, -0.2) is 17.9 Å². The number of rotatable bonds is 6. The van der Waals surface area contributed by atoms with Crippen molar-refractivity contribution >= 4 is 27.0 Å². The standard InChI is InChI=1S/C15H17NO6S/c1-3-21-15(18)10(2)9-16-23(19,20)12-5-6-13-11(8-12)4-7-14(17)22-13/h4-8,10,16H,3,9H2,1-2H3. The van der Waals surface area contributed by atoms with Gasteiger partial charge in [-0.3, -0.25) is 4.79 Å². The number of hydrogen-bond acceptors (Lipinski definition) is 6. The summed E-state index contributed by atoms with van der Waals surface area (Å²) < 4.78 is 36.7. The zero-order chi connectivity index (χ0) is 17.0. The van der Waals surface area contributed by atoms with Gasteiger partial charge in [-0.2, -0.15) is 0 Å². The van der Waals surface area contributed by atoms with Gasteiger partial charge < -0.3 is 9.15 Å². The summed E-state index contributed by atoms with van der Waals surface area (Å²) in [5, 5.41) is 0.492. The average molecular weight is 339 g/mol. The minimum Gasteiger partial charge on any atom is -0.466 e. The molecule has 1 aromatic carbocycles. The van der Waals surface area contributed by atoms with Gasteiger partial charge in [0, 0.05) is 18.0 Å². The maximum absolute atomic E-state index is 12.3. The molecule has 0 amide bonds. The van der Waals surface area contributed by atoms with Crippen LogP contribution in [0.2, 0.25) is 0 Å². The second-order valence-electron chi connectivity index (χ2n) is 4.96. The van der Waals surface area contributed by atoms with E-state index in [-0.39, 0.29) is 18.0 Å². The number of sulfonamides is 1. The molecule has 0 spiro atoms. The van der Waals surface area contributed by atoms with Crippen molar-refractivity contribution in [1.29, 1.82) is 0 Å². The number of hydrogen-bond donors (Lipinski definition) is 1. The average Bonchev–Trinajstić information content (AvgIpc) is 2.52. The lowest BCUT2D eigenvalue weighted by Crippen LogP contribution is -2.32. The van der Waals surface area contributed by atoms with Crippen molar-refractivity contribution in [2.24, 2.45) is 5.92 Å². The SMILES string of the molecule is CCOC(=O)C(C)CNS(=O)(=O)c1ccc2oc(=O)ccc2c1. The molecule has 0 saturated heterocycles. The number of nitrogens with one attached hydrogen (secondary N) is 1. The van der Waals surface area contributed by atoms with Crippen LogP contribution >= 0.6 is 0 Å². The van der Waals surface area contributed by atoms with Crippen molar-refractivity contribution in [2.45, 2.75) is 18.7 Å². The van der Waals surface area contributed by atoms with Crippen molar-refractivity contribution in [3.63, 3.8) is 0 Å². The first-order chi connectivity index (χ1) is 10.8. The smallest absolute Gasteiger partial charge is 0.336 e. The van der Waals surface area contributed by atoms with Crippen molar-refractivity contribution in [2.75, 3.05) is 13.2 Å². The van der Waals surface area contributed by atoms with Crippen LogP contribution in [0.5, 0.6) is 0 Å². The lowest BCUT2D eigenvalue weighted by molar-refractivity contribution is -0.147. The third-order valence-corrected chi connectivity index (χ3v) is 4.59. The lowest BCUT2D eigenvalue weighted by Gasteiger charge is -2.12. The first-order valence-corrected chi connectivity index (χ1v) is 8.52. The van der Waals surface area contributed by atoms with Crippen molar-refractivity contribution in [1.82, 2.24) is 4.72 Å². The van der Waals surface area contributed by atoms with Crippen LogP contribution in [0.4, 0.5) is 0 Å². The summed E-state index contributed by atoms with van der Waals surface area (Å²) in [4.78, 5) is 22.6. The van der Waals surface area contributed by atoms with Gasteiger partial charge in [0.15, 0.2) is 0 Å². The van der Waals surface area contributed by atoms with Gasteiger partial charge in [-0.05, 0) is 31.2 Å². The Morgan fingerprint density at radius 1 is 1.30 bits per heavy atom. The van der Waals surface area contributed by atoms with E-state index in [1.807, 2.05) is 0 Å². The molecule has 0 radical (unpaired) electrons. The molecule has 2 rings (SSSR count). The first-order valence-electron chi connectivity index (χ1n) is 7.03. The van der Waals surface area contributed by atoms with Crippen LogP contribution in [-0.2, 0) is 19.6 Å². The van der Waals surface area contributed by atoms with Gasteiger partial charge in [0.2, 0.25) is 10.0 Å². The fourth-order valence-electron chi connectivity index (χ4n) is 1.90. The Bertz CT molecular complexity index is 871. The Morgan fingerprint density at radius 2 is 2.04 bits per heavy atom. The predicted molar refractivity (Wildman–Crippen MR) is 83.5 cm³/mol. The topological polar surface area (TPSA) is 103 Å². The van der Waals surface area contributed by atoms with E-state index in [0.717, 1.165) is 0 Å². The molecular formula is C15H17NO6S. The molecule has 23 heavy (non-hydrogen) atoms. The minimum absolute atomic E-state index is 0.0231. The molecule has 0 aliphatic carbocycles. The molecule has 1 aromatic heterocycles. The van der Waals surface area contributed by atoms with Gasteiger partial charge in [-0.1, -0.05) is 6.92 Å². The summed E-state index contributed by atoms with van der Waals surface area (Å²) >= 11 is 0. The Balaban J connectivity index is 2.18. The quantitative estimate of drug-likeness (QED) is 0.628. The largest absolute Gasteiger partial charge is 0.466 e. The molecule has 1 heterocycles. The summed E-state index contributed by atoms with van der Waals surface area (Å²) in [6.07, 6.45) is 0. The lowest BCUT2D eigenvalue weighted by atomic mass is 10.2. The fraction of sp³-hybridized carbons (Fsp3) is 0.333. The molecule has 0 bridgehead atoms. The monoisotopic (exact) mass is 339 g/mol. The molecule has 1 unspecified atom stereocenters. The summed E-state index contributed by atoms with van der Waals surface area (Å²) in [5.41, 5.74) is -0.203. The molecule has 7 nitrogen and oxygen atoms in total. The normalized spacial score (nSPS) is 13.0. The maximum atomic E-state index is 12.3. The van der Waals surface area contributed by atoms with Crippen molar-refractivity contribution < 1.29 is 22.4 Å². The van der Waals surface area contributed by atoms with E-state index in [4.69, 9.17) is 9.15 Å². The Kier molecular flexibility index (Phi) is 5.17. The molecule has 124 valence electrons. The van der Waals surface area contributed by atoms with E-state index in [1.165, 1.54) is 30.3 Å². The van der Waals surface area contributed by atoms with E-state index < -0.39 is 27.5 Å². The minimum atomic E-state index is -3.78. The molecule has 0 aliphatic rings. The molecule has 8 heteroatoms. The maximum Gasteiger partial charge on any atom is 0.336 e. The highest BCUT2D eigenvalue weighted by atomic mass is 32.2. The molecule has 1 atom stereocenters. The number of fused-ring (bicyclic) bond motifs is 1. The third-order valence-electron chi connectivity index (χ3n) is 3.17. The van der Waals surface area contributed by atoms with Crippen molar-refractivity contribution in [3.8, 4) is 0 Å². The van der Waals surface area contributed by atoms with Crippen LogP contribution < -0.4 is 10.3 Å². The Hall–Kier alpha value is -2.19. The molecule has 0 saturated carbocycles. The molecule has 0 fully saturated rings. The second kappa shape index (κ2) is 6.93. The summed E-state index contributed by atoms with van der Waals surface area (Å²) in [6, 6.07) is 6.86. The molecule has 2 aromatic rings. The van der Waals surface area contributed by atoms with Crippen LogP contribution in [0, 0.1) is 5.92 Å². The Morgan fingerprint density at radius 3 is 2.74 bits per heavy atom. The fourth-order valence-corrected chi connectivity index (χ4v) is 3.07. The van der Waals surface area contributed by atoms with Gasteiger partial charge in [0.05, 0.1) is 17.4 Å². The third kappa shape index (κ3) is 4.17. The predicted octanol–water partition coefficient (Wildman–Crippen LogP) is 1.27. The number of carbonyl (C=O) groups excluding carboxylic acids is 1. The van der Waals surface area contributed by atoms with Crippen LogP contribution in [0.25, 0.3) is 11.0 Å². The zero-order valence-electron chi connectivity index (χ0n) is 12.7. The second-order valence-corrected chi connectivity index (χ2v) is 6.73. The number of benzene rings is 1. The summed E-state index contributed by atoms with van der Waals surface area (Å²) in [6.45, 7) is 3.44. The molecular weight excluding hydrogens is 322 g/mol. The molecule has 0 aliphatic heterocycles. The van der Waals surface area contributed by atoms with Crippen molar-refractivity contribution in [3.05, 3.63) is 40.8 Å². The van der Waals surface area contributed by atoms with Gasteiger partial charge in [0.25, 0.3) is 0 Å². The zero-order valence-corrected chi connectivity index (χ0v) is 13.6. The highest BCUT2D eigenvalue weighted by Gasteiger charge is 2.20. The van der Waals surface area contributed by atoms with E-state index in [2.05, 4.69) is 4.72 Å². The van der Waals surface area contributed by atoms with E-state index in [0.29, 0.717) is 11.0 Å². The van der Waals surface area contributed by atoms with Crippen LogP contribution in [0.1, 0.15) is 13.8 Å². The van der Waals surface area contributed by atoms with Gasteiger partial charge in [0.1, 0.15) is 5.58 Å². The van der Waals surface area contributed by atoms with Crippen LogP contribution in [0.15, 0.2) is 44.4 Å². The van der Waals surface area contributed by atoms with Crippen LogP contribution in [-0.4, -0.2) is 27.5 Å².